The van der Waals surface area contributed by atoms with E-state index in [0.717, 1.165) is 16.7 Å². The van der Waals surface area contributed by atoms with E-state index in [1.165, 1.54) is 11.8 Å². The summed E-state index contributed by atoms with van der Waals surface area (Å²) in [5.41, 5.74) is 7.65. The highest BCUT2D eigenvalue weighted by Crippen LogP contribution is 2.37. The van der Waals surface area contributed by atoms with Crippen LogP contribution in [-0.4, -0.2) is 24.6 Å². The number of hydrogen-bond acceptors (Lipinski definition) is 5. The van der Waals surface area contributed by atoms with E-state index in [1.54, 1.807) is 24.3 Å². The molecule has 0 atom stereocenters. The molecule has 0 aliphatic rings. The van der Waals surface area contributed by atoms with Gasteiger partial charge in [0.15, 0.2) is 11.5 Å². The summed E-state index contributed by atoms with van der Waals surface area (Å²) >= 11 is 3.53. The minimum atomic E-state index is -0.873. The smallest absolute Gasteiger partial charge is 0.329 e. The zero-order chi connectivity index (χ0) is 25.4. The largest absolute Gasteiger partial charge is 0.490 e. The lowest BCUT2D eigenvalue weighted by Gasteiger charge is -2.15. The summed E-state index contributed by atoms with van der Waals surface area (Å²) in [5, 5.41) is 6.49. The molecular weight excluding hydrogens is 510 g/mol. The summed E-state index contributed by atoms with van der Waals surface area (Å²) in [6, 6.07) is 17.2. The standard InChI is InChI=1S/C27H28BrN3O4/c1-5-34-24-14-21(13-23(28)25(24)35-16-20-8-6-17(2)7-9-20)15-29-31-27(33)26(32)30-22-11-18(3)10-19(4)12-22/h6-15H,5,16H2,1-4H3,(H,30,32)(H,31,33)/b29-15+. The van der Waals surface area contributed by atoms with Crippen LogP contribution in [0.5, 0.6) is 11.5 Å². The number of halogens is 1. The molecule has 182 valence electrons. The van der Waals surface area contributed by atoms with Crippen molar-refractivity contribution in [2.45, 2.75) is 34.3 Å². The quantitative estimate of drug-likeness (QED) is 0.227. The Morgan fingerprint density at radius 3 is 2.26 bits per heavy atom. The van der Waals surface area contributed by atoms with Gasteiger partial charge in [-0.1, -0.05) is 35.9 Å². The van der Waals surface area contributed by atoms with Crippen LogP contribution in [0.3, 0.4) is 0 Å². The van der Waals surface area contributed by atoms with Crippen molar-refractivity contribution in [3.63, 3.8) is 0 Å². The molecule has 2 amide bonds. The molecule has 0 aromatic heterocycles. The SMILES string of the molecule is CCOc1cc(/C=N/NC(=O)C(=O)Nc2cc(C)cc(C)c2)cc(Br)c1OCc1ccc(C)cc1. The molecule has 7 nitrogen and oxygen atoms in total. The second-order valence-corrected chi connectivity index (χ2v) is 8.92. The first-order valence-corrected chi connectivity index (χ1v) is 11.9. The van der Waals surface area contributed by atoms with E-state index in [2.05, 4.69) is 31.8 Å². The maximum Gasteiger partial charge on any atom is 0.329 e. The fourth-order valence-electron chi connectivity index (χ4n) is 3.36. The molecule has 0 saturated carbocycles. The van der Waals surface area contributed by atoms with E-state index < -0.39 is 11.8 Å². The molecular formula is C27H28BrN3O4. The van der Waals surface area contributed by atoms with Gasteiger partial charge in [-0.2, -0.15) is 5.10 Å². The number of nitrogens with zero attached hydrogens (tertiary/aromatic N) is 1. The van der Waals surface area contributed by atoms with Crippen LogP contribution >= 0.6 is 15.9 Å². The van der Waals surface area contributed by atoms with Crippen LogP contribution in [0.2, 0.25) is 0 Å². The Kier molecular flexibility index (Phi) is 9.03. The number of anilines is 1. The van der Waals surface area contributed by atoms with Gasteiger partial charge in [-0.05, 0) is 90.1 Å². The average Bonchev–Trinajstić information content (AvgIpc) is 2.79. The predicted molar refractivity (Wildman–Crippen MR) is 141 cm³/mol. The molecule has 0 aliphatic carbocycles. The molecule has 8 heteroatoms. The summed E-state index contributed by atoms with van der Waals surface area (Å²) in [6.07, 6.45) is 1.43. The summed E-state index contributed by atoms with van der Waals surface area (Å²) in [6.45, 7) is 8.59. The number of benzene rings is 3. The number of ether oxygens (including phenoxy) is 2. The van der Waals surface area contributed by atoms with Crippen LogP contribution in [0.4, 0.5) is 5.69 Å². The number of rotatable bonds is 8. The van der Waals surface area contributed by atoms with Crippen LogP contribution in [0, 0.1) is 20.8 Å². The van der Waals surface area contributed by atoms with Crippen molar-refractivity contribution < 1.29 is 19.1 Å². The van der Waals surface area contributed by atoms with Gasteiger partial charge in [0, 0.05) is 5.69 Å². The third-order valence-corrected chi connectivity index (χ3v) is 5.49. The highest BCUT2D eigenvalue weighted by atomic mass is 79.9. The second kappa shape index (κ2) is 12.2. The minimum Gasteiger partial charge on any atom is -0.490 e. The average molecular weight is 538 g/mol. The number of nitrogens with one attached hydrogen (secondary N) is 2. The Bertz CT molecular complexity index is 1220. The first-order valence-electron chi connectivity index (χ1n) is 11.1. The minimum absolute atomic E-state index is 0.387. The van der Waals surface area contributed by atoms with E-state index in [0.29, 0.717) is 40.4 Å². The van der Waals surface area contributed by atoms with Crippen molar-refractivity contribution in [1.82, 2.24) is 5.43 Å². The molecule has 0 fully saturated rings. The molecule has 3 rings (SSSR count). The molecule has 0 heterocycles. The summed E-state index contributed by atoms with van der Waals surface area (Å²) in [7, 11) is 0. The van der Waals surface area contributed by atoms with Gasteiger partial charge < -0.3 is 14.8 Å². The summed E-state index contributed by atoms with van der Waals surface area (Å²) in [4.78, 5) is 24.3. The molecule has 35 heavy (non-hydrogen) atoms. The van der Waals surface area contributed by atoms with Crippen molar-refractivity contribution in [3.8, 4) is 11.5 Å². The van der Waals surface area contributed by atoms with Crippen molar-refractivity contribution in [2.75, 3.05) is 11.9 Å². The van der Waals surface area contributed by atoms with Gasteiger partial charge in [-0.3, -0.25) is 9.59 Å². The van der Waals surface area contributed by atoms with Gasteiger partial charge in [0.25, 0.3) is 0 Å². The van der Waals surface area contributed by atoms with Crippen molar-refractivity contribution in [3.05, 3.63) is 86.9 Å². The van der Waals surface area contributed by atoms with Crippen molar-refractivity contribution in [1.29, 1.82) is 0 Å². The first-order chi connectivity index (χ1) is 16.7. The lowest BCUT2D eigenvalue weighted by molar-refractivity contribution is -0.136. The van der Waals surface area contributed by atoms with Gasteiger partial charge in [0.1, 0.15) is 6.61 Å². The maximum atomic E-state index is 12.2. The number of carbonyl (C=O) groups is 2. The van der Waals surface area contributed by atoms with E-state index in [9.17, 15) is 9.59 Å². The lowest BCUT2D eigenvalue weighted by Crippen LogP contribution is -2.32. The highest BCUT2D eigenvalue weighted by molar-refractivity contribution is 9.10. The Labute approximate surface area is 213 Å². The maximum absolute atomic E-state index is 12.2. The van der Waals surface area contributed by atoms with Gasteiger partial charge >= 0.3 is 11.8 Å². The Morgan fingerprint density at radius 1 is 0.914 bits per heavy atom. The highest BCUT2D eigenvalue weighted by Gasteiger charge is 2.14. The zero-order valence-corrected chi connectivity index (χ0v) is 21.7. The van der Waals surface area contributed by atoms with Crippen LogP contribution < -0.4 is 20.2 Å². The van der Waals surface area contributed by atoms with Crippen LogP contribution in [0.25, 0.3) is 0 Å². The Balaban J connectivity index is 1.65. The molecule has 3 aromatic rings. The zero-order valence-electron chi connectivity index (χ0n) is 20.1. The molecule has 0 bridgehead atoms. The van der Waals surface area contributed by atoms with Gasteiger partial charge in [-0.15, -0.1) is 0 Å². The molecule has 0 radical (unpaired) electrons. The van der Waals surface area contributed by atoms with E-state index in [-0.39, 0.29) is 0 Å². The fraction of sp³-hybridized carbons (Fsp3) is 0.222. The molecule has 0 spiro atoms. The Hall–Kier alpha value is -3.65. The normalized spacial score (nSPS) is 10.8. The molecule has 2 N–H and O–H groups in total. The van der Waals surface area contributed by atoms with Gasteiger partial charge in [0.2, 0.25) is 0 Å². The Morgan fingerprint density at radius 2 is 1.60 bits per heavy atom. The number of carbonyl (C=O) groups excluding carboxylic acids is 2. The summed E-state index contributed by atoms with van der Waals surface area (Å²) in [5.74, 6) is -0.568. The number of hydrogen-bond donors (Lipinski definition) is 2. The number of amides is 2. The lowest BCUT2D eigenvalue weighted by atomic mass is 10.1. The molecule has 0 unspecified atom stereocenters. The van der Waals surface area contributed by atoms with E-state index >= 15 is 0 Å². The predicted octanol–water partition coefficient (Wildman–Crippen LogP) is 5.44. The van der Waals surface area contributed by atoms with Gasteiger partial charge in [0.05, 0.1) is 17.3 Å². The fourth-order valence-corrected chi connectivity index (χ4v) is 3.93. The van der Waals surface area contributed by atoms with Crippen LogP contribution in [0.1, 0.15) is 34.7 Å². The van der Waals surface area contributed by atoms with Crippen molar-refractivity contribution >= 4 is 39.6 Å². The monoisotopic (exact) mass is 537 g/mol. The topological polar surface area (TPSA) is 89.0 Å². The molecule has 0 aliphatic heterocycles. The van der Waals surface area contributed by atoms with E-state index in [1.807, 2.05) is 58.0 Å². The second-order valence-electron chi connectivity index (χ2n) is 8.07. The van der Waals surface area contributed by atoms with Crippen molar-refractivity contribution in [2.24, 2.45) is 5.10 Å². The van der Waals surface area contributed by atoms with Crippen LogP contribution in [0.15, 0.2) is 64.2 Å². The third-order valence-electron chi connectivity index (χ3n) is 4.90. The van der Waals surface area contributed by atoms with Crippen LogP contribution in [-0.2, 0) is 16.2 Å². The number of aryl methyl sites for hydroxylation is 3. The molecule has 3 aromatic carbocycles. The third kappa shape index (κ3) is 7.68. The van der Waals surface area contributed by atoms with E-state index in [4.69, 9.17) is 9.47 Å². The van der Waals surface area contributed by atoms with Gasteiger partial charge in [-0.25, -0.2) is 5.43 Å². The molecule has 0 saturated heterocycles. The number of hydrazone groups is 1. The summed E-state index contributed by atoms with van der Waals surface area (Å²) < 4.78 is 12.4. The first kappa shape index (κ1) is 26.0.